The van der Waals surface area contributed by atoms with Crippen molar-refractivity contribution in [2.75, 3.05) is 5.32 Å². The van der Waals surface area contributed by atoms with E-state index in [0.29, 0.717) is 6.42 Å². The molecule has 0 aromatic carbocycles. The van der Waals surface area contributed by atoms with Crippen molar-refractivity contribution in [1.29, 1.82) is 0 Å². The van der Waals surface area contributed by atoms with Crippen molar-refractivity contribution in [2.24, 2.45) is 5.41 Å². The first-order chi connectivity index (χ1) is 6.88. The van der Waals surface area contributed by atoms with E-state index in [1.54, 1.807) is 6.07 Å². The highest BCUT2D eigenvalue weighted by Crippen LogP contribution is 2.22. The Morgan fingerprint density at radius 1 is 1.53 bits per heavy atom. The molecule has 0 aliphatic rings. The molecular weight excluding hydrogens is 192 g/mol. The zero-order valence-corrected chi connectivity index (χ0v) is 9.24. The van der Waals surface area contributed by atoms with E-state index in [9.17, 15) is 9.90 Å². The van der Waals surface area contributed by atoms with Gasteiger partial charge in [-0.3, -0.25) is 4.79 Å². The second-order valence-electron chi connectivity index (χ2n) is 4.66. The van der Waals surface area contributed by atoms with E-state index in [2.05, 4.69) is 10.3 Å². The highest BCUT2D eigenvalue weighted by atomic mass is 16.3. The summed E-state index contributed by atoms with van der Waals surface area (Å²) >= 11 is 0. The number of anilines is 1. The number of aromatic hydroxyl groups is 1. The van der Waals surface area contributed by atoms with Gasteiger partial charge in [0.15, 0.2) is 11.6 Å². The third kappa shape index (κ3) is 3.97. The summed E-state index contributed by atoms with van der Waals surface area (Å²) in [6.45, 7) is 5.93. The van der Waals surface area contributed by atoms with Gasteiger partial charge in [-0.05, 0) is 17.5 Å². The van der Waals surface area contributed by atoms with Crippen LogP contribution in [0.4, 0.5) is 5.82 Å². The summed E-state index contributed by atoms with van der Waals surface area (Å²) in [6.07, 6.45) is 1.91. The number of amides is 1. The molecule has 4 nitrogen and oxygen atoms in total. The average Bonchev–Trinajstić information content (AvgIpc) is 2.05. The largest absolute Gasteiger partial charge is 0.504 e. The van der Waals surface area contributed by atoms with Gasteiger partial charge < -0.3 is 10.4 Å². The van der Waals surface area contributed by atoms with Crippen molar-refractivity contribution in [1.82, 2.24) is 4.98 Å². The molecule has 1 rings (SSSR count). The minimum Gasteiger partial charge on any atom is -0.504 e. The molecule has 0 aliphatic carbocycles. The predicted molar refractivity (Wildman–Crippen MR) is 58.6 cm³/mol. The molecular formula is C11H16N2O2. The molecule has 0 radical (unpaired) electrons. The van der Waals surface area contributed by atoms with Crippen LogP contribution >= 0.6 is 0 Å². The molecule has 1 amide bonds. The second kappa shape index (κ2) is 4.29. The van der Waals surface area contributed by atoms with Crippen LogP contribution in [0, 0.1) is 5.41 Å². The first-order valence-electron chi connectivity index (χ1n) is 4.82. The summed E-state index contributed by atoms with van der Waals surface area (Å²) in [7, 11) is 0. The molecule has 0 spiro atoms. The third-order valence-electron chi connectivity index (χ3n) is 1.74. The van der Waals surface area contributed by atoms with Crippen LogP contribution in [0.5, 0.6) is 5.75 Å². The van der Waals surface area contributed by atoms with Crippen LogP contribution in [-0.4, -0.2) is 16.0 Å². The molecule has 4 heteroatoms. The van der Waals surface area contributed by atoms with E-state index < -0.39 is 0 Å². The van der Waals surface area contributed by atoms with E-state index in [-0.39, 0.29) is 22.9 Å². The van der Waals surface area contributed by atoms with Crippen LogP contribution in [0.2, 0.25) is 0 Å². The van der Waals surface area contributed by atoms with Gasteiger partial charge in [0.1, 0.15) is 0 Å². The molecule has 0 fully saturated rings. The number of pyridine rings is 1. The molecule has 0 saturated carbocycles. The Hall–Kier alpha value is -1.58. The van der Waals surface area contributed by atoms with Crippen LogP contribution in [0.25, 0.3) is 0 Å². The van der Waals surface area contributed by atoms with Gasteiger partial charge in [-0.25, -0.2) is 4.98 Å². The topological polar surface area (TPSA) is 62.2 Å². The van der Waals surface area contributed by atoms with Gasteiger partial charge >= 0.3 is 0 Å². The van der Waals surface area contributed by atoms with Crippen molar-refractivity contribution in [3.05, 3.63) is 18.3 Å². The maximum absolute atomic E-state index is 11.5. The molecule has 1 aromatic rings. The number of nitrogens with one attached hydrogen (secondary N) is 1. The highest BCUT2D eigenvalue weighted by Gasteiger charge is 2.16. The number of carbonyl (C=O) groups is 1. The molecule has 2 N–H and O–H groups in total. The zero-order chi connectivity index (χ0) is 11.5. The number of hydrogen-bond donors (Lipinski definition) is 2. The van der Waals surface area contributed by atoms with Crippen molar-refractivity contribution in [3.8, 4) is 5.75 Å². The Bertz CT molecular complexity index is 356. The fourth-order valence-corrected chi connectivity index (χ4v) is 1.15. The first-order valence-corrected chi connectivity index (χ1v) is 4.82. The third-order valence-corrected chi connectivity index (χ3v) is 1.74. The van der Waals surface area contributed by atoms with E-state index in [1.165, 1.54) is 12.3 Å². The Kier molecular flexibility index (Phi) is 3.29. The quantitative estimate of drug-likeness (QED) is 0.782. The Balaban J connectivity index is 2.64. The van der Waals surface area contributed by atoms with Gasteiger partial charge in [0.05, 0.1) is 0 Å². The Labute approximate surface area is 89.3 Å². The van der Waals surface area contributed by atoms with Gasteiger partial charge in [0, 0.05) is 12.6 Å². The predicted octanol–water partition coefficient (Wildman–Crippen LogP) is 2.16. The van der Waals surface area contributed by atoms with E-state index >= 15 is 0 Å². The summed E-state index contributed by atoms with van der Waals surface area (Å²) < 4.78 is 0. The average molecular weight is 208 g/mol. The monoisotopic (exact) mass is 208 g/mol. The number of hydrogen-bond acceptors (Lipinski definition) is 3. The van der Waals surface area contributed by atoms with Gasteiger partial charge in [-0.2, -0.15) is 0 Å². The standard InChI is InChI=1S/C11H16N2O2/c1-11(2,3)7-9(15)13-10-8(14)5-4-6-12-10/h4-6,14H,7H2,1-3H3,(H,12,13,15). The lowest BCUT2D eigenvalue weighted by Crippen LogP contribution is -2.20. The van der Waals surface area contributed by atoms with Crippen molar-refractivity contribution >= 4 is 11.7 Å². The summed E-state index contributed by atoms with van der Waals surface area (Å²) in [4.78, 5) is 15.4. The molecule has 82 valence electrons. The molecule has 0 unspecified atom stereocenters. The fraction of sp³-hybridized carbons (Fsp3) is 0.455. The number of nitrogens with zero attached hydrogens (tertiary/aromatic N) is 1. The molecule has 0 bridgehead atoms. The van der Waals surface area contributed by atoms with Crippen molar-refractivity contribution < 1.29 is 9.90 Å². The summed E-state index contributed by atoms with van der Waals surface area (Å²) in [6, 6.07) is 3.09. The van der Waals surface area contributed by atoms with Crippen LogP contribution in [0.3, 0.4) is 0 Å². The maximum Gasteiger partial charge on any atom is 0.226 e. The maximum atomic E-state index is 11.5. The second-order valence-corrected chi connectivity index (χ2v) is 4.66. The summed E-state index contributed by atoms with van der Waals surface area (Å²) in [5.41, 5.74) is -0.0749. The minimum absolute atomic E-state index is 0.0141. The van der Waals surface area contributed by atoms with E-state index in [1.807, 2.05) is 20.8 Å². The van der Waals surface area contributed by atoms with Crippen LogP contribution in [0.15, 0.2) is 18.3 Å². The number of carbonyl (C=O) groups excluding carboxylic acids is 1. The molecule has 0 aliphatic heterocycles. The highest BCUT2D eigenvalue weighted by molar-refractivity contribution is 5.91. The van der Waals surface area contributed by atoms with Crippen molar-refractivity contribution in [3.63, 3.8) is 0 Å². The first kappa shape index (κ1) is 11.5. The lowest BCUT2D eigenvalue weighted by atomic mass is 9.92. The number of aromatic nitrogens is 1. The van der Waals surface area contributed by atoms with Crippen molar-refractivity contribution in [2.45, 2.75) is 27.2 Å². The SMILES string of the molecule is CC(C)(C)CC(=O)Nc1ncccc1O. The Morgan fingerprint density at radius 3 is 2.73 bits per heavy atom. The van der Waals surface area contributed by atoms with Crippen LogP contribution < -0.4 is 5.32 Å². The molecule has 15 heavy (non-hydrogen) atoms. The zero-order valence-electron chi connectivity index (χ0n) is 9.24. The normalized spacial score (nSPS) is 11.1. The van der Waals surface area contributed by atoms with Gasteiger partial charge in [0.25, 0.3) is 0 Å². The molecule has 1 heterocycles. The van der Waals surface area contributed by atoms with Crippen LogP contribution in [-0.2, 0) is 4.79 Å². The van der Waals surface area contributed by atoms with Gasteiger partial charge in [0.2, 0.25) is 5.91 Å². The molecule has 0 atom stereocenters. The van der Waals surface area contributed by atoms with Gasteiger partial charge in [-0.15, -0.1) is 0 Å². The Morgan fingerprint density at radius 2 is 2.20 bits per heavy atom. The smallest absolute Gasteiger partial charge is 0.226 e. The minimum atomic E-state index is -0.142. The van der Waals surface area contributed by atoms with E-state index in [0.717, 1.165) is 0 Å². The van der Waals surface area contributed by atoms with Crippen LogP contribution in [0.1, 0.15) is 27.2 Å². The lowest BCUT2D eigenvalue weighted by molar-refractivity contribution is -0.117. The number of rotatable bonds is 2. The van der Waals surface area contributed by atoms with Gasteiger partial charge in [-0.1, -0.05) is 20.8 Å². The fourth-order valence-electron chi connectivity index (χ4n) is 1.15. The van der Waals surface area contributed by atoms with E-state index in [4.69, 9.17) is 0 Å². The summed E-state index contributed by atoms with van der Waals surface area (Å²) in [5.74, 6) is 0.0583. The summed E-state index contributed by atoms with van der Waals surface area (Å²) in [5, 5.41) is 11.9. The molecule has 0 saturated heterocycles. The lowest BCUT2D eigenvalue weighted by Gasteiger charge is -2.17. The molecule has 1 aromatic heterocycles.